The van der Waals surface area contributed by atoms with Gasteiger partial charge in [-0.15, -0.1) is 5.10 Å². The van der Waals surface area contributed by atoms with Gasteiger partial charge in [-0.25, -0.2) is 4.68 Å². The van der Waals surface area contributed by atoms with E-state index in [0.717, 1.165) is 22.6 Å². The Kier molecular flexibility index (Phi) is 4.04. The van der Waals surface area contributed by atoms with Crippen molar-refractivity contribution >= 4 is 0 Å². The Morgan fingerprint density at radius 1 is 0.840 bits per heavy atom. The predicted octanol–water partition coefficient (Wildman–Crippen LogP) is 3.76. The summed E-state index contributed by atoms with van der Waals surface area (Å²) in [5, 5.41) is 8.48. The van der Waals surface area contributed by atoms with Crippen LogP contribution in [-0.2, 0) is 6.54 Å². The maximum atomic E-state index is 4.49. The average molecular weight is 327 g/mol. The molecule has 3 aromatic heterocycles. The van der Waals surface area contributed by atoms with E-state index in [1.165, 1.54) is 11.1 Å². The van der Waals surface area contributed by atoms with Crippen LogP contribution in [0.3, 0.4) is 0 Å². The van der Waals surface area contributed by atoms with Crippen molar-refractivity contribution in [3.05, 3.63) is 84.3 Å². The molecule has 0 saturated heterocycles. The summed E-state index contributed by atoms with van der Waals surface area (Å²) in [5.74, 6) is 0. The first-order valence-corrected chi connectivity index (χ1v) is 8.11. The van der Waals surface area contributed by atoms with E-state index in [-0.39, 0.29) is 0 Å². The lowest BCUT2D eigenvalue weighted by atomic mass is 10.1. The molecule has 0 N–H and O–H groups in total. The predicted molar refractivity (Wildman–Crippen MR) is 96.8 cm³/mol. The van der Waals surface area contributed by atoms with Gasteiger partial charge in [0.25, 0.3) is 0 Å². The summed E-state index contributed by atoms with van der Waals surface area (Å²) in [6.45, 7) is 2.78. The molecule has 0 spiro atoms. The van der Waals surface area contributed by atoms with Crippen LogP contribution in [0.4, 0.5) is 0 Å². The van der Waals surface area contributed by atoms with E-state index in [2.05, 4.69) is 51.5 Å². The molecule has 122 valence electrons. The largest absolute Gasteiger partial charge is 0.255 e. The van der Waals surface area contributed by atoms with E-state index in [4.69, 9.17) is 0 Å². The fourth-order valence-electron chi connectivity index (χ4n) is 2.60. The molecule has 0 aliphatic heterocycles. The van der Waals surface area contributed by atoms with Crippen molar-refractivity contribution in [2.75, 3.05) is 0 Å². The van der Waals surface area contributed by atoms with Crippen LogP contribution in [-0.4, -0.2) is 25.0 Å². The van der Waals surface area contributed by atoms with E-state index in [9.17, 15) is 0 Å². The topological polar surface area (TPSA) is 56.5 Å². The van der Waals surface area contributed by atoms with Crippen LogP contribution in [0.15, 0.2) is 73.2 Å². The second-order valence-corrected chi connectivity index (χ2v) is 5.93. The van der Waals surface area contributed by atoms with Gasteiger partial charge in [-0.2, -0.15) is 0 Å². The molecule has 4 rings (SSSR count). The third kappa shape index (κ3) is 3.45. The summed E-state index contributed by atoms with van der Waals surface area (Å²) in [6, 6.07) is 18.2. The minimum Gasteiger partial charge on any atom is -0.255 e. The van der Waals surface area contributed by atoms with Crippen LogP contribution in [0.2, 0.25) is 0 Å². The molecule has 0 fully saturated rings. The summed E-state index contributed by atoms with van der Waals surface area (Å²) in [5.41, 5.74) is 5.91. The van der Waals surface area contributed by atoms with Gasteiger partial charge in [-0.3, -0.25) is 9.97 Å². The standard InChI is InChI=1S/C20H17N5/c1-15-5-7-16(8-6-15)13-25-14-20(23-24-25)17-9-10-19(22-12-17)18-4-2-3-11-21-18/h2-12,14H,13H2,1H3. The van der Waals surface area contributed by atoms with Crippen LogP contribution >= 0.6 is 0 Å². The van der Waals surface area contributed by atoms with Crippen molar-refractivity contribution in [2.24, 2.45) is 0 Å². The fraction of sp³-hybridized carbons (Fsp3) is 0.100. The van der Waals surface area contributed by atoms with Crippen LogP contribution in [0.25, 0.3) is 22.6 Å². The van der Waals surface area contributed by atoms with Gasteiger partial charge in [0.15, 0.2) is 0 Å². The molecule has 0 unspecified atom stereocenters. The molecule has 3 heterocycles. The highest BCUT2D eigenvalue weighted by Crippen LogP contribution is 2.19. The smallest absolute Gasteiger partial charge is 0.114 e. The Balaban J connectivity index is 1.52. The summed E-state index contributed by atoms with van der Waals surface area (Å²) >= 11 is 0. The lowest BCUT2D eigenvalue weighted by Crippen LogP contribution is -2.00. The van der Waals surface area contributed by atoms with Crippen molar-refractivity contribution in [3.63, 3.8) is 0 Å². The van der Waals surface area contributed by atoms with E-state index in [1.54, 1.807) is 6.20 Å². The lowest BCUT2D eigenvalue weighted by Gasteiger charge is -2.01. The lowest BCUT2D eigenvalue weighted by molar-refractivity contribution is 0.649. The van der Waals surface area contributed by atoms with Crippen LogP contribution in [0.1, 0.15) is 11.1 Å². The molecule has 0 atom stereocenters. The Hall–Kier alpha value is -3.34. The van der Waals surface area contributed by atoms with Gasteiger partial charge in [-0.05, 0) is 36.8 Å². The Morgan fingerprint density at radius 3 is 2.40 bits per heavy atom. The minimum absolute atomic E-state index is 0.701. The van der Waals surface area contributed by atoms with E-state index in [0.29, 0.717) is 6.54 Å². The van der Waals surface area contributed by atoms with Crippen LogP contribution in [0, 0.1) is 6.92 Å². The Morgan fingerprint density at radius 2 is 1.68 bits per heavy atom. The first-order chi connectivity index (χ1) is 12.3. The number of aryl methyl sites for hydroxylation is 1. The highest BCUT2D eigenvalue weighted by molar-refractivity contribution is 5.61. The first-order valence-electron chi connectivity index (χ1n) is 8.11. The normalized spacial score (nSPS) is 10.8. The minimum atomic E-state index is 0.701. The zero-order valence-electron chi connectivity index (χ0n) is 13.9. The monoisotopic (exact) mass is 327 g/mol. The molecular formula is C20H17N5. The fourth-order valence-corrected chi connectivity index (χ4v) is 2.60. The van der Waals surface area contributed by atoms with Crippen molar-refractivity contribution in [2.45, 2.75) is 13.5 Å². The number of benzene rings is 1. The number of hydrogen-bond acceptors (Lipinski definition) is 4. The second-order valence-electron chi connectivity index (χ2n) is 5.93. The van der Waals surface area contributed by atoms with Gasteiger partial charge in [-0.1, -0.05) is 41.1 Å². The molecule has 0 radical (unpaired) electrons. The second kappa shape index (κ2) is 6.65. The van der Waals surface area contributed by atoms with E-state index >= 15 is 0 Å². The van der Waals surface area contributed by atoms with E-state index in [1.807, 2.05) is 47.4 Å². The summed E-state index contributed by atoms with van der Waals surface area (Å²) in [7, 11) is 0. The molecule has 0 aliphatic rings. The molecule has 0 bridgehead atoms. The summed E-state index contributed by atoms with van der Waals surface area (Å²) in [6.07, 6.45) is 5.52. The van der Waals surface area contributed by atoms with Crippen molar-refractivity contribution in [3.8, 4) is 22.6 Å². The highest BCUT2D eigenvalue weighted by atomic mass is 15.4. The Bertz CT molecular complexity index is 957. The van der Waals surface area contributed by atoms with Gasteiger partial charge in [0.1, 0.15) is 5.69 Å². The number of aromatic nitrogens is 5. The zero-order chi connectivity index (χ0) is 17.1. The third-order valence-electron chi connectivity index (χ3n) is 3.99. The number of nitrogens with zero attached hydrogens (tertiary/aromatic N) is 5. The molecule has 1 aromatic carbocycles. The SMILES string of the molecule is Cc1ccc(Cn2cc(-c3ccc(-c4ccccn4)nc3)nn2)cc1. The molecule has 25 heavy (non-hydrogen) atoms. The van der Waals surface area contributed by atoms with Crippen LogP contribution in [0.5, 0.6) is 0 Å². The van der Waals surface area contributed by atoms with Crippen molar-refractivity contribution in [1.82, 2.24) is 25.0 Å². The van der Waals surface area contributed by atoms with Gasteiger partial charge < -0.3 is 0 Å². The molecule has 0 amide bonds. The molecule has 0 saturated carbocycles. The number of hydrogen-bond donors (Lipinski definition) is 0. The number of pyridine rings is 2. The average Bonchev–Trinajstić information content (AvgIpc) is 3.13. The van der Waals surface area contributed by atoms with E-state index < -0.39 is 0 Å². The summed E-state index contributed by atoms with van der Waals surface area (Å²) < 4.78 is 1.84. The first kappa shape index (κ1) is 15.2. The maximum Gasteiger partial charge on any atom is 0.114 e. The zero-order valence-corrected chi connectivity index (χ0v) is 13.9. The highest BCUT2D eigenvalue weighted by Gasteiger charge is 2.06. The van der Waals surface area contributed by atoms with Crippen molar-refractivity contribution in [1.29, 1.82) is 0 Å². The molecule has 5 nitrogen and oxygen atoms in total. The number of rotatable bonds is 4. The van der Waals surface area contributed by atoms with Gasteiger partial charge in [0.2, 0.25) is 0 Å². The Labute approximate surface area is 146 Å². The maximum absolute atomic E-state index is 4.49. The van der Waals surface area contributed by atoms with Gasteiger partial charge >= 0.3 is 0 Å². The quantitative estimate of drug-likeness (QED) is 0.573. The van der Waals surface area contributed by atoms with Crippen LogP contribution < -0.4 is 0 Å². The summed E-state index contributed by atoms with van der Waals surface area (Å²) in [4.78, 5) is 8.80. The van der Waals surface area contributed by atoms with Gasteiger partial charge in [0.05, 0.1) is 24.1 Å². The third-order valence-corrected chi connectivity index (χ3v) is 3.99. The molecule has 0 aliphatic carbocycles. The van der Waals surface area contributed by atoms with Crippen molar-refractivity contribution < 1.29 is 0 Å². The molecule has 4 aromatic rings. The van der Waals surface area contributed by atoms with Gasteiger partial charge in [0, 0.05) is 18.0 Å². The molecule has 5 heteroatoms. The molecular weight excluding hydrogens is 310 g/mol.